The number of amides is 1. The third-order valence-corrected chi connectivity index (χ3v) is 4.98. The largest absolute Gasteiger partial charge is 0.454 e. The molecule has 0 bridgehead atoms. The molecule has 0 spiro atoms. The van der Waals surface area contributed by atoms with Crippen LogP contribution in [-0.2, 0) is 4.79 Å². The van der Waals surface area contributed by atoms with Crippen LogP contribution in [-0.4, -0.2) is 17.7 Å². The van der Waals surface area contributed by atoms with E-state index in [4.69, 9.17) is 9.47 Å². The van der Waals surface area contributed by atoms with Crippen molar-refractivity contribution in [3.63, 3.8) is 0 Å². The first kappa shape index (κ1) is 14.9. The van der Waals surface area contributed by atoms with Crippen molar-refractivity contribution in [2.75, 3.05) is 12.1 Å². The Balaban J connectivity index is 1.41. The summed E-state index contributed by atoms with van der Waals surface area (Å²) in [5.41, 5.74) is 1.75. The number of fused-ring (bicyclic) bond motifs is 1. The van der Waals surface area contributed by atoms with E-state index in [1.54, 1.807) is 17.4 Å². The van der Waals surface area contributed by atoms with Gasteiger partial charge in [0.15, 0.2) is 16.6 Å². The SMILES string of the molecule is O=C(C=Cc1ccc2c(c1)OCO2)Nc1nc(-c2cccs2)cs1. The first-order chi connectivity index (χ1) is 11.8. The predicted molar refractivity (Wildman–Crippen MR) is 95.7 cm³/mol. The van der Waals surface area contributed by atoms with Crippen LogP contribution < -0.4 is 14.8 Å². The lowest BCUT2D eigenvalue weighted by Gasteiger charge is -1.98. The standard InChI is InChI=1S/C17H12N2O3S2/c20-16(6-4-11-3-5-13-14(8-11)22-10-21-13)19-17-18-12(9-24-17)15-2-1-7-23-15/h1-9H,10H2,(H,18,19,20). The number of carbonyl (C=O) groups is 1. The Hall–Kier alpha value is -2.64. The highest BCUT2D eigenvalue weighted by molar-refractivity contribution is 7.16. The van der Waals surface area contributed by atoms with Crippen LogP contribution in [0.15, 0.2) is 47.2 Å². The van der Waals surface area contributed by atoms with E-state index in [2.05, 4.69) is 10.3 Å². The highest BCUT2D eigenvalue weighted by Crippen LogP contribution is 2.33. The first-order valence-corrected chi connectivity index (χ1v) is 8.92. The summed E-state index contributed by atoms with van der Waals surface area (Å²) >= 11 is 3.03. The van der Waals surface area contributed by atoms with Gasteiger partial charge in [-0.2, -0.15) is 0 Å². The van der Waals surface area contributed by atoms with Crippen molar-refractivity contribution in [2.24, 2.45) is 0 Å². The number of ether oxygens (including phenoxy) is 2. The van der Waals surface area contributed by atoms with Gasteiger partial charge in [0, 0.05) is 11.5 Å². The highest BCUT2D eigenvalue weighted by Gasteiger charge is 2.12. The van der Waals surface area contributed by atoms with Crippen molar-refractivity contribution in [2.45, 2.75) is 0 Å². The minimum Gasteiger partial charge on any atom is -0.454 e. The van der Waals surface area contributed by atoms with Gasteiger partial charge in [-0.15, -0.1) is 22.7 Å². The average Bonchev–Trinajstić information content (AvgIpc) is 3.32. The molecule has 120 valence electrons. The Morgan fingerprint density at radius 1 is 1.21 bits per heavy atom. The molecule has 3 aromatic rings. The minimum absolute atomic E-state index is 0.222. The maximum atomic E-state index is 12.0. The summed E-state index contributed by atoms with van der Waals surface area (Å²) < 4.78 is 10.6. The number of aromatic nitrogens is 1. The van der Waals surface area contributed by atoms with Crippen LogP contribution in [0.3, 0.4) is 0 Å². The van der Waals surface area contributed by atoms with Crippen molar-refractivity contribution in [1.82, 2.24) is 4.98 Å². The van der Waals surface area contributed by atoms with Crippen molar-refractivity contribution < 1.29 is 14.3 Å². The lowest BCUT2D eigenvalue weighted by Crippen LogP contribution is -2.07. The molecule has 4 rings (SSSR count). The molecule has 0 atom stereocenters. The van der Waals surface area contributed by atoms with Crippen LogP contribution in [0, 0.1) is 0 Å². The van der Waals surface area contributed by atoms with Crippen LogP contribution in [0.1, 0.15) is 5.56 Å². The first-order valence-electron chi connectivity index (χ1n) is 7.16. The van der Waals surface area contributed by atoms with Crippen LogP contribution >= 0.6 is 22.7 Å². The van der Waals surface area contributed by atoms with Gasteiger partial charge in [-0.1, -0.05) is 12.1 Å². The summed E-state index contributed by atoms with van der Waals surface area (Å²) in [7, 11) is 0. The quantitative estimate of drug-likeness (QED) is 0.710. The predicted octanol–water partition coefficient (Wildman–Crippen LogP) is 4.25. The number of thiophene rings is 1. The zero-order chi connectivity index (χ0) is 16.4. The molecule has 24 heavy (non-hydrogen) atoms. The van der Waals surface area contributed by atoms with E-state index in [9.17, 15) is 4.79 Å². The molecule has 5 nitrogen and oxygen atoms in total. The fraction of sp³-hybridized carbons (Fsp3) is 0.0588. The fourth-order valence-electron chi connectivity index (χ4n) is 2.20. The maximum absolute atomic E-state index is 12.0. The average molecular weight is 356 g/mol. The normalized spacial score (nSPS) is 12.7. The number of hydrogen-bond donors (Lipinski definition) is 1. The summed E-state index contributed by atoms with van der Waals surface area (Å²) in [6.07, 6.45) is 3.20. The van der Waals surface area contributed by atoms with Gasteiger partial charge in [0.05, 0.1) is 10.6 Å². The van der Waals surface area contributed by atoms with Crippen LogP contribution in [0.25, 0.3) is 16.6 Å². The second kappa shape index (κ2) is 6.46. The van der Waals surface area contributed by atoms with E-state index in [1.807, 2.05) is 41.1 Å². The zero-order valence-corrected chi connectivity index (χ0v) is 14.0. The van der Waals surface area contributed by atoms with Gasteiger partial charge in [0.25, 0.3) is 0 Å². The number of anilines is 1. The molecule has 0 saturated heterocycles. The molecule has 1 aliphatic heterocycles. The molecule has 1 aliphatic rings. The molecule has 1 N–H and O–H groups in total. The van der Waals surface area contributed by atoms with Gasteiger partial charge in [-0.3, -0.25) is 10.1 Å². The Kier molecular flexibility index (Phi) is 4.02. The number of rotatable bonds is 4. The van der Waals surface area contributed by atoms with E-state index in [0.29, 0.717) is 10.9 Å². The number of carbonyl (C=O) groups excluding carboxylic acids is 1. The van der Waals surface area contributed by atoms with Gasteiger partial charge < -0.3 is 9.47 Å². The Labute approximate surface area is 146 Å². The molecule has 0 radical (unpaired) electrons. The molecular formula is C17H12N2O3S2. The number of thiazole rings is 1. The third-order valence-electron chi connectivity index (χ3n) is 3.33. The van der Waals surface area contributed by atoms with Crippen LogP contribution in [0.5, 0.6) is 11.5 Å². The molecule has 0 unspecified atom stereocenters. The van der Waals surface area contributed by atoms with E-state index < -0.39 is 0 Å². The summed E-state index contributed by atoms with van der Waals surface area (Å²) in [6, 6.07) is 9.52. The topological polar surface area (TPSA) is 60.5 Å². The zero-order valence-electron chi connectivity index (χ0n) is 12.4. The van der Waals surface area contributed by atoms with Crippen molar-refractivity contribution in [3.05, 3.63) is 52.7 Å². The molecule has 1 amide bonds. The molecule has 0 fully saturated rings. The summed E-state index contributed by atoms with van der Waals surface area (Å²) in [5, 5.41) is 7.29. The number of nitrogens with one attached hydrogen (secondary N) is 1. The van der Waals surface area contributed by atoms with Gasteiger partial charge in [-0.25, -0.2) is 4.98 Å². The molecule has 7 heteroatoms. The molecule has 0 aliphatic carbocycles. The Morgan fingerprint density at radius 2 is 2.12 bits per heavy atom. The monoisotopic (exact) mass is 356 g/mol. The number of benzene rings is 1. The summed E-state index contributed by atoms with van der Waals surface area (Å²) in [6.45, 7) is 0.236. The molecule has 1 aromatic carbocycles. The molecule has 3 heterocycles. The van der Waals surface area contributed by atoms with E-state index in [0.717, 1.165) is 21.9 Å². The lowest BCUT2D eigenvalue weighted by atomic mass is 10.2. The maximum Gasteiger partial charge on any atom is 0.250 e. The van der Waals surface area contributed by atoms with Gasteiger partial charge in [-0.05, 0) is 35.2 Å². The van der Waals surface area contributed by atoms with Crippen LogP contribution in [0.4, 0.5) is 5.13 Å². The highest BCUT2D eigenvalue weighted by atomic mass is 32.1. The van der Waals surface area contributed by atoms with E-state index in [-0.39, 0.29) is 12.7 Å². The van der Waals surface area contributed by atoms with E-state index in [1.165, 1.54) is 17.4 Å². The van der Waals surface area contributed by atoms with Crippen molar-refractivity contribution >= 4 is 39.8 Å². The van der Waals surface area contributed by atoms with E-state index >= 15 is 0 Å². The van der Waals surface area contributed by atoms with Gasteiger partial charge >= 0.3 is 0 Å². The Morgan fingerprint density at radius 3 is 3.00 bits per heavy atom. The molecule has 0 saturated carbocycles. The number of hydrogen-bond acceptors (Lipinski definition) is 6. The fourth-order valence-corrected chi connectivity index (χ4v) is 3.68. The minimum atomic E-state index is -0.222. The smallest absolute Gasteiger partial charge is 0.250 e. The summed E-state index contributed by atoms with van der Waals surface area (Å²) in [5.74, 6) is 1.19. The Bertz CT molecular complexity index is 900. The third kappa shape index (κ3) is 3.17. The van der Waals surface area contributed by atoms with Crippen molar-refractivity contribution in [1.29, 1.82) is 0 Å². The second-order valence-corrected chi connectivity index (χ2v) is 6.76. The summed E-state index contributed by atoms with van der Waals surface area (Å²) in [4.78, 5) is 17.5. The van der Waals surface area contributed by atoms with Gasteiger partial charge in [0.1, 0.15) is 0 Å². The van der Waals surface area contributed by atoms with Gasteiger partial charge in [0.2, 0.25) is 12.7 Å². The van der Waals surface area contributed by atoms with Crippen LogP contribution in [0.2, 0.25) is 0 Å². The molecular weight excluding hydrogens is 344 g/mol. The second-order valence-electron chi connectivity index (χ2n) is 4.95. The lowest BCUT2D eigenvalue weighted by molar-refractivity contribution is -0.111. The number of nitrogens with zero attached hydrogens (tertiary/aromatic N) is 1. The molecule has 2 aromatic heterocycles. The van der Waals surface area contributed by atoms with Crippen molar-refractivity contribution in [3.8, 4) is 22.1 Å².